The molecule has 1 aliphatic heterocycles. The third-order valence-corrected chi connectivity index (χ3v) is 5.33. The number of amides is 1. The fourth-order valence-corrected chi connectivity index (χ4v) is 3.72. The molecule has 0 saturated carbocycles. The molecule has 3 aromatic rings. The molecular formula is C24H17ClFNO4. The number of carbonyl (C=O) groups excluding carboxylic acids is 2. The molecule has 1 unspecified atom stereocenters. The van der Waals surface area contributed by atoms with Gasteiger partial charge in [-0.2, -0.15) is 0 Å². The van der Waals surface area contributed by atoms with Crippen molar-refractivity contribution in [3.63, 3.8) is 0 Å². The third kappa shape index (κ3) is 3.78. The summed E-state index contributed by atoms with van der Waals surface area (Å²) in [6, 6.07) is 17.4. The number of ketones is 1. The molecule has 3 aromatic carbocycles. The maximum absolute atomic E-state index is 13.9. The summed E-state index contributed by atoms with van der Waals surface area (Å²) in [5.41, 5.74) is 0.998. The van der Waals surface area contributed by atoms with Crippen LogP contribution in [0.25, 0.3) is 5.76 Å². The SMILES string of the molecule is COc1ccc(/C(O)=C2\C(=O)C(=O)N(c3cccc(F)c3)C2c2ccc(Cl)cc2)cc1. The van der Waals surface area contributed by atoms with Crippen LogP contribution in [-0.4, -0.2) is 23.9 Å². The molecule has 7 heteroatoms. The number of hydrogen-bond acceptors (Lipinski definition) is 4. The van der Waals surface area contributed by atoms with Crippen LogP contribution in [0.3, 0.4) is 0 Å². The highest BCUT2D eigenvalue weighted by Crippen LogP contribution is 2.42. The molecule has 0 bridgehead atoms. The molecule has 1 heterocycles. The minimum absolute atomic E-state index is 0.0956. The molecule has 0 aromatic heterocycles. The van der Waals surface area contributed by atoms with Crippen molar-refractivity contribution < 1.29 is 23.8 Å². The zero-order valence-corrected chi connectivity index (χ0v) is 17.1. The first-order chi connectivity index (χ1) is 14.9. The molecule has 0 spiro atoms. The molecule has 1 amide bonds. The summed E-state index contributed by atoms with van der Waals surface area (Å²) < 4.78 is 19.0. The molecule has 0 aliphatic carbocycles. The highest BCUT2D eigenvalue weighted by atomic mass is 35.5. The van der Waals surface area contributed by atoms with Gasteiger partial charge in [-0.3, -0.25) is 14.5 Å². The maximum atomic E-state index is 13.9. The van der Waals surface area contributed by atoms with E-state index in [-0.39, 0.29) is 17.0 Å². The van der Waals surface area contributed by atoms with Gasteiger partial charge in [0, 0.05) is 16.3 Å². The van der Waals surface area contributed by atoms with E-state index in [4.69, 9.17) is 16.3 Å². The van der Waals surface area contributed by atoms with E-state index in [2.05, 4.69) is 0 Å². The van der Waals surface area contributed by atoms with Crippen molar-refractivity contribution in [2.45, 2.75) is 6.04 Å². The molecule has 1 atom stereocenters. The van der Waals surface area contributed by atoms with Crippen molar-refractivity contribution in [1.82, 2.24) is 0 Å². The molecule has 156 valence electrons. The lowest BCUT2D eigenvalue weighted by Gasteiger charge is -2.25. The van der Waals surface area contributed by atoms with Gasteiger partial charge in [0.05, 0.1) is 18.7 Å². The number of Topliss-reactive ketones (excluding diaryl/α,β-unsaturated/α-hetero) is 1. The summed E-state index contributed by atoms with van der Waals surface area (Å²) in [7, 11) is 1.51. The third-order valence-electron chi connectivity index (χ3n) is 5.08. The fraction of sp³-hybridized carbons (Fsp3) is 0.0833. The van der Waals surface area contributed by atoms with Gasteiger partial charge in [0.2, 0.25) is 0 Å². The van der Waals surface area contributed by atoms with E-state index in [1.165, 1.54) is 36.3 Å². The Hall–Kier alpha value is -3.64. The van der Waals surface area contributed by atoms with E-state index in [0.29, 0.717) is 21.9 Å². The van der Waals surface area contributed by atoms with Gasteiger partial charge >= 0.3 is 0 Å². The Balaban J connectivity index is 1.92. The second-order valence-corrected chi connectivity index (χ2v) is 7.37. The Morgan fingerprint density at radius 3 is 2.32 bits per heavy atom. The number of methoxy groups -OCH3 is 1. The van der Waals surface area contributed by atoms with E-state index < -0.39 is 23.5 Å². The van der Waals surface area contributed by atoms with Crippen LogP contribution < -0.4 is 9.64 Å². The molecule has 31 heavy (non-hydrogen) atoms. The van der Waals surface area contributed by atoms with Gasteiger partial charge in [-0.1, -0.05) is 29.8 Å². The molecule has 1 aliphatic rings. The van der Waals surface area contributed by atoms with E-state index in [1.54, 1.807) is 48.5 Å². The average Bonchev–Trinajstić information content (AvgIpc) is 3.04. The number of hydrogen-bond donors (Lipinski definition) is 1. The number of aliphatic hydroxyl groups is 1. The lowest BCUT2D eigenvalue weighted by atomic mass is 9.95. The number of aliphatic hydroxyl groups excluding tert-OH is 1. The second-order valence-electron chi connectivity index (χ2n) is 6.93. The highest BCUT2D eigenvalue weighted by molar-refractivity contribution is 6.51. The Morgan fingerprint density at radius 1 is 1.03 bits per heavy atom. The normalized spacial score (nSPS) is 17.8. The highest BCUT2D eigenvalue weighted by Gasteiger charge is 2.47. The summed E-state index contributed by atoms with van der Waals surface area (Å²) >= 11 is 6.00. The van der Waals surface area contributed by atoms with Crippen LogP contribution in [0, 0.1) is 5.82 Å². The standard InChI is InChI=1S/C24H17ClFNO4/c1-31-19-11-7-15(8-12-19)22(28)20-21(14-5-9-16(25)10-6-14)27(24(30)23(20)29)18-4-2-3-17(26)13-18/h2-13,21,28H,1H3/b22-20+. The van der Waals surface area contributed by atoms with E-state index in [1.807, 2.05) is 0 Å². The first kappa shape index (κ1) is 20.6. The van der Waals surface area contributed by atoms with Gasteiger partial charge in [0.15, 0.2) is 0 Å². The van der Waals surface area contributed by atoms with Crippen LogP contribution in [0.2, 0.25) is 5.02 Å². The van der Waals surface area contributed by atoms with Gasteiger partial charge in [0.1, 0.15) is 17.3 Å². The van der Waals surface area contributed by atoms with Gasteiger partial charge in [-0.15, -0.1) is 0 Å². The van der Waals surface area contributed by atoms with E-state index in [0.717, 1.165) is 0 Å². The lowest BCUT2D eigenvalue weighted by Crippen LogP contribution is -2.29. The van der Waals surface area contributed by atoms with Crippen molar-refractivity contribution in [2.24, 2.45) is 0 Å². The van der Waals surface area contributed by atoms with Gasteiger partial charge < -0.3 is 9.84 Å². The van der Waals surface area contributed by atoms with Crippen LogP contribution in [-0.2, 0) is 9.59 Å². The molecule has 5 nitrogen and oxygen atoms in total. The molecular weight excluding hydrogens is 421 g/mol. The number of benzene rings is 3. The van der Waals surface area contributed by atoms with Crippen LogP contribution in [0.15, 0.2) is 78.4 Å². The Bertz CT molecular complexity index is 1190. The first-order valence-electron chi connectivity index (χ1n) is 9.37. The molecule has 1 fully saturated rings. The van der Waals surface area contributed by atoms with Gasteiger partial charge in [-0.25, -0.2) is 4.39 Å². The number of nitrogens with zero attached hydrogens (tertiary/aromatic N) is 1. The van der Waals surface area contributed by atoms with E-state index in [9.17, 15) is 19.1 Å². The summed E-state index contributed by atoms with van der Waals surface area (Å²) in [4.78, 5) is 27.2. The Kier molecular flexibility index (Phi) is 5.48. The Morgan fingerprint density at radius 2 is 1.71 bits per heavy atom. The monoisotopic (exact) mass is 437 g/mol. The molecule has 1 saturated heterocycles. The predicted octanol–water partition coefficient (Wildman–Crippen LogP) is 5.11. The van der Waals surface area contributed by atoms with Crippen LogP contribution in [0.1, 0.15) is 17.2 Å². The number of rotatable bonds is 4. The Labute approximate surface area is 182 Å². The summed E-state index contributed by atoms with van der Waals surface area (Å²) in [5, 5.41) is 11.5. The zero-order valence-electron chi connectivity index (χ0n) is 16.4. The maximum Gasteiger partial charge on any atom is 0.300 e. The zero-order chi connectivity index (χ0) is 22.1. The number of carbonyl (C=O) groups is 2. The second kappa shape index (κ2) is 8.24. The molecule has 1 N–H and O–H groups in total. The van der Waals surface area contributed by atoms with Crippen molar-refractivity contribution in [2.75, 3.05) is 12.0 Å². The van der Waals surface area contributed by atoms with Crippen molar-refractivity contribution in [3.05, 3.63) is 100 Å². The van der Waals surface area contributed by atoms with Gasteiger partial charge in [0.25, 0.3) is 11.7 Å². The predicted molar refractivity (Wildman–Crippen MR) is 116 cm³/mol. The minimum atomic E-state index is -0.957. The van der Waals surface area contributed by atoms with Crippen molar-refractivity contribution in [1.29, 1.82) is 0 Å². The minimum Gasteiger partial charge on any atom is -0.507 e. The summed E-state index contributed by atoms with van der Waals surface area (Å²) in [5.74, 6) is -2.03. The molecule has 0 radical (unpaired) electrons. The quantitative estimate of drug-likeness (QED) is 0.350. The van der Waals surface area contributed by atoms with E-state index >= 15 is 0 Å². The van der Waals surface area contributed by atoms with Crippen molar-refractivity contribution in [3.8, 4) is 5.75 Å². The summed E-state index contributed by atoms with van der Waals surface area (Å²) in [6.07, 6.45) is 0. The first-order valence-corrected chi connectivity index (χ1v) is 9.75. The van der Waals surface area contributed by atoms with Crippen LogP contribution in [0.4, 0.5) is 10.1 Å². The average molecular weight is 438 g/mol. The largest absolute Gasteiger partial charge is 0.507 e. The number of halogens is 2. The summed E-state index contributed by atoms with van der Waals surface area (Å²) in [6.45, 7) is 0. The number of ether oxygens (including phenoxy) is 1. The number of anilines is 1. The van der Waals surface area contributed by atoms with Crippen LogP contribution in [0.5, 0.6) is 5.75 Å². The lowest BCUT2D eigenvalue weighted by molar-refractivity contribution is -0.132. The molecule has 4 rings (SSSR count). The van der Waals surface area contributed by atoms with Gasteiger partial charge in [-0.05, 0) is 60.2 Å². The fourth-order valence-electron chi connectivity index (χ4n) is 3.59. The topological polar surface area (TPSA) is 66.8 Å². The van der Waals surface area contributed by atoms with Crippen LogP contribution >= 0.6 is 11.6 Å². The smallest absolute Gasteiger partial charge is 0.300 e. The van der Waals surface area contributed by atoms with Crippen molar-refractivity contribution >= 4 is 34.7 Å².